The maximum atomic E-state index is 13.1. The molecule has 0 fully saturated rings. The minimum absolute atomic E-state index is 0.0905. The molecule has 3 N–H and O–H groups in total. The van der Waals surface area contributed by atoms with Crippen molar-refractivity contribution in [2.75, 3.05) is 37.4 Å². The van der Waals surface area contributed by atoms with Gasteiger partial charge in [0.05, 0.1) is 13.7 Å². The van der Waals surface area contributed by atoms with Crippen molar-refractivity contribution in [1.82, 2.24) is 0 Å². The van der Waals surface area contributed by atoms with Crippen LogP contribution in [0.15, 0.2) is 48.5 Å². The van der Waals surface area contributed by atoms with Crippen molar-refractivity contribution in [3.8, 4) is 5.75 Å². The summed E-state index contributed by atoms with van der Waals surface area (Å²) in [6, 6.07) is 12.7. The minimum Gasteiger partial charge on any atom is -0.494 e. The van der Waals surface area contributed by atoms with Crippen LogP contribution in [0.5, 0.6) is 5.75 Å². The first-order valence-corrected chi connectivity index (χ1v) is 8.35. The predicted octanol–water partition coefficient (Wildman–Crippen LogP) is 1.32. The third-order valence-electron chi connectivity index (χ3n) is 3.48. The van der Waals surface area contributed by atoms with Crippen LogP contribution in [-0.2, 0) is 9.59 Å². The maximum absolute atomic E-state index is 13.1. The number of likely N-dealkylation sites (N-methyl/N-ethyl adjacent to an activating group) is 1. The Morgan fingerprint density at radius 3 is 2.19 bits per heavy atom. The van der Waals surface area contributed by atoms with Crippen LogP contribution in [0.2, 0.25) is 0 Å². The monoisotopic (exact) mass is 360 g/mol. The molecule has 2 amide bonds. The van der Waals surface area contributed by atoms with E-state index in [0.29, 0.717) is 22.9 Å². The summed E-state index contributed by atoms with van der Waals surface area (Å²) >= 11 is 0. The molecule has 7 heteroatoms. The van der Waals surface area contributed by atoms with Crippen molar-refractivity contribution in [2.24, 2.45) is 0 Å². The molecule has 0 saturated heterocycles. The second-order valence-corrected chi connectivity index (χ2v) is 5.87. The summed E-state index contributed by atoms with van der Waals surface area (Å²) in [5.41, 5.74) is 1.05. The van der Waals surface area contributed by atoms with Gasteiger partial charge in [0, 0.05) is 11.4 Å². The molecule has 2 aromatic rings. The van der Waals surface area contributed by atoms with Gasteiger partial charge in [-0.25, -0.2) is 4.39 Å². The molecular formula is C19H23FN3O3+. The third kappa shape index (κ3) is 6.52. The van der Waals surface area contributed by atoms with E-state index >= 15 is 0 Å². The Labute approximate surface area is 152 Å². The molecule has 0 radical (unpaired) electrons. The summed E-state index contributed by atoms with van der Waals surface area (Å²) in [5.74, 6) is -0.173. The molecule has 138 valence electrons. The number of anilines is 2. The maximum Gasteiger partial charge on any atom is 0.279 e. The highest BCUT2D eigenvalue weighted by Crippen LogP contribution is 2.15. The van der Waals surface area contributed by atoms with Gasteiger partial charge in [-0.1, -0.05) is 6.07 Å². The number of carbonyl (C=O) groups is 2. The lowest BCUT2D eigenvalue weighted by Crippen LogP contribution is -3.11. The average molecular weight is 360 g/mol. The average Bonchev–Trinajstić information content (AvgIpc) is 2.56. The molecule has 0 aliphatic rings. The Morgan fingerprint density at radius 2 is 1.62 bits per heavy atom. The van der Waals surface area contributed by atoms with Crippen LogP contribution in [0, 0.1) is 5.82 Å². The van der Waals surface area contributed by atoms with E-state index in [9.17, 15) is 14.0 Å². The molecule has 0 saturated carbocycles. The molecule has 0 aliphatic heterocycles. The third-order valence-corrected chi connectivity index (χ3v) is 3.48. The molecule has 2 aromatic carbocycles. The van der Waals surface area contributed by atoms with Crippen molar-refractivity contribution in [1.29, 1.82) is 0 Å². The van der Waals surface area contributed by atoms with E-state index in [0.717, 1.165) is 5.75 Å². The first-order valence-electron chi connectivity index (χ1n) is 8.35. The number of halogens is 1. The minimum atomic E-state index is -0.418. The van der Waals surface area contributed by atoms with Crippen LogP contribution in [-0.4, -0.2) is 38.6 Å². The number of amides is 2. The molecule has 2 rings (SSSR count). The number of carbonyl (C=O) groups excluding carboxylic acids is 2. The Morgan fingerprint density at radius 1 is 1.00 bits per heavy atom. The largest absolute Gasteiger partial charge is 0.494 e. The topological polar surface area (TPSA) is 71.9 Å². The Bertz CT molecular complexity index is 750. The zero-order valence-electron chi connectivity index (χ0n) is 14.8. The molecule has 26 heavy (non-hydrogen) atoms. The molecule has 0 aromatic heterocycles. The molecule has 0 bridgehead atoms. The van der Waals surface area contributed by atoms with E-state index in [4.69, 9.17) is 4.74 Å². The fourth-order valence-electron chi connectivity index (χ4n) is 2.39. The van der Waals surface area contributed by atoms with Crippen LogP contribution in [0.25, 0.3) is 0 Å². The highest BCUT2D eigenvalue weighted by atomic mass is 19.1. The van der Waals surface area contributed by atoms with Gasteiger partial charge < -0.3 is 20.3 Å². The van der Waals surface area contributed by atoms with E-state index in [2.05, 4.69) is 10.6 Å². The lowest BCUT2D eigenvalue weighted by Gasteiger charge is -2.14. The molecular weight excluding hydrogens is 337 g/mol. The van der Waals surface area contributed by atoms with Gasteiger partial charge >= 0.3 is 0 Å². The van der Waals surface area contributed by atoms with Crippen molar-refractivity contribution >= 4 is 23.2 Å². The van der Waals surface area contributed by atoms with E-state index in [1.165, 1.54) is 18.2 Å². The number of ether oxygens (including phenoxy) is 1. The van der Waals surface area contributed by atoms with Crippen molar-refractivity contribution in [3.63, 3.8) is 0 Å². The predicted molar refractivity (Wildman–Crippen MR) is 97.9 cm³/mol. The summed E-state index contributed by atoms with van der Waals surface area (Å²) in [4.78, 5) is 24.8. The first kappa shape index (κ1) is 19.4. The molecule has 0 spiro atoms. The zero-order valence-corrected chi connectivity index (χ0v) is 14.8. The van der Waals surface area contributed by atoms with Gasteiger partial charge in [0.15, 0.2) is 13.1 Å². The molecule has 6 nitrogen and oxygen atoms in total. The molecule has 1 atom stereocenters. The summed E-state index contributed by atoms with van der Waals surface area (Å²) in [6.45, 7) is 2.70. The Kier molecular flexibility index (Phi) is 7.11. The Balaban J connectivity index is 1.78. The number of benzene rings is 2. The molecule has 0 heterocycles. The first-order chi connectivity index (χ1) is 12.5. The van der Waals surface area contributed by atoms with Gasteiger partial charge in [0.25, 0.3) is 11.8 Å². The summed E-state index contributed by atoms with van der Waals surface area (Å²) in [5, 5.41) is 5.39. The smallest absolute Gasteiger partial charge is 0.279 e. The standard InChI is InChI=1S/C19H22FN3O3/c1-3-26-17-9-7-15(8-10-17)21-18(24)12-23(2)13-19(25)22-16-6-4-5-14(20)11-16/h4-11H,3,12-13H2,1-2H3,(H,21,24)(H,22,25)/p+1. The van der Waals surface area contributed by atoms with Crippen molar-refractivity contribution in [2.45, 2.75) is 6.92 Å². The number of rotatable bonds is 8. The van der Waals surface area contributed by atoms with Crippen LogP contribution in [0.3, 0.4) is 0 Å². The fraction of sp³-hybridized carbons (Fsp3) is 0.263. The summed E-state index contributed by atoms with van der Waals surface area (Å²) in [6.07, 6.45) is 0. The van der Waals surface area contributed by atoms with Gasteiger partial charge in [0.1, 0.15) is 11.6 Å². The van der Waals surface area contributed by atoms with E-state index in [1.54, 1.807) is 37.4 Å². The van der Waals surface area contributed by atoms with Gasteiger partial charge in [-0.3, -0.25) is 9.59 Å². The van der Waals surface area contributed by atoms with Crippen molar-refractivity contribution < 1.29 is 23.6 Å². The van der Waals surface area contributed by atoms with Gasteiger partial charge in [-0.2, -0.15) is 0 Å². The van der Waals surface area contributed by atoms with E-state index in [1.807, 2.05) is 6.92 Å². The molecule has 1 unspecified atom stereocenters. The van der Waals surface area contributed by atoms with Gasteiger partial charge in [0.2, 0.25) is 0 Å². The Hall–Kier alpha value is -2.93. The fourth-order valence-corrected chi connectivity index (χ4v) is 2.39. The van der Waals surface area contributed by atoms with Crippen LogP contribution >= 0.6 is 0 Å². The van der Waals surface area contributed by atoms with Crippen molar-refractivity contribution in [3.05, 3.63) is 54.3 Å². The highest BCUT2D eigenvalue weighted by Gasteiger charge is 2.14. The van der Waals surface area contributed by atoms with Crippen LogP contribution in [0.4, 0.5) is 15.8 Å². The van der Waals surface area contributed by atoms with Gasteiger partial charge in [-0.15, -0.1) is 0 Å². The second-order valence-electron chi connectivity index (χ2n) is 5.87. The number of quaternary nitrogens is 1. The van der Waals surface area contributed by atoms with Crippen LogP contribution < -0.4 is 20.3 Å². The zero-order chi connectivity index (χ0) is 18.9. The van der Waals surface area contributed by atoms with Crippen LogP contribution in [0.1, 0.15) is 6.92 Å². The van der Waals surface area contributed by atoms with E-state index in [-0.39, 0.29) is 24.9 Å². The molecule has 0 aliphatic carbocycles. The summed E-state index contributed by atoms with van der Waals surface area (Å²) in [7, 11) is 1.74. The normalized spacial score (nSPS) is 11.5. The van der Waals surface area contributed by atoms with E-state index < -0.39 is 5.82 Å². The number of hydrogen-bond acceptors (Lipinski definition) is 3. The number of nitrogens with one attached hydrogen (secondary N) is 3. The summed E-state index contributed by atoms with van der Waals surface area (Å²) < 4.78 is 18.5. The lowest BCUT2D eigenvalue weighted by molar-refractivity contribution is -0.862. The highest BCUT2D eigenvalue weighted by molar-refractivity contribution is 5.93. The lowest BCUT2D eigenvalue weighted by atomic mass is 10.3. The van der Waals surface area contributed by atoms with Gasteiger partial charge in [-0.05, 0) is 49.4 Å². The number of hydrogen-bond donors (Lipinski definition) is 3. The quantitative estimate of drug-likeness (QED) is 0.665. The SMILES string of the molecule is CCOc1ccc(NC(=O)C[NH+](C)CC(=O)Nc2cccc(F)c2)cc1. The second kappa shape index (κ2) is 9.53.